The molecule has 0 unspecified atom stereocenters. The average Bonchev–Trinajstić information content (AvgIpc) is 3.48. The van der Waals surface area contributed by atoms with Crippen molar-refractivity contribution in [2.75, 3.05) is 4.90 Å². The summed E-state index contributed by atoms with van der Waals surface area (Å²) >= 11 is 0. The molecule has 0 saturated carbocycles. The van der Waals surface area contributed by atoms with Crippen LogP contribution in [0.4, 0.5) is 17.1 Å². The Bertz CT molecular complexity index is 2620. The van der Waals surface area contributed by atoms with Gasteiger partial charge in [0, 0.05) is 32.8 Å². The van der Waals surface area contributed by atoms with Gasteiger partial charge in [-0.3, -0.25) is 0 Å². The number of rotatable bonds is 6. The van der Waals surface area contributed by atoms with Gasteiger partial charge in [0.15, 0.2) is 0 Å². The lowest BCUT2D eigenvalue weighted by Crippen LogP contribution is -2.13. The van der Waals surface area contributed by atoms with Crippen molar-refractivity contribution in [3.05, 3.63) is 193 Å². The summed E-state index contributed by atoms with van der Waals surface area (Å²) in [7, 11) is 0. The fourth-order valence-corrected chi connectivity index (χ4v) is 7.63. The number of hydrogen-bond donors (Lipinski definition) is 0. The van der Waals surface area contributed by atoms with Crippen molar-refractivity contribution in [3.63, 3.8) is 0 Å². The van der Waals surface area contributed by atoms with Crippen molar-refractivity contribution < 1.29 is 0 Å². The predicted octanol–water partition coefficient (Wildman–Crippen LogP) is 13.4. The Labute approximate surface area is 293 Å². The fourth-order valence-electron chi connectivity index (χ4n) is 7.63. The number of fused-ring (bicyclic) bond motifs is 4. The van der Waals surface area contributed by atoms with Crippen LogP contribution in [-0.4, -0.2) is 4.57 Å². The summed E-state index contributed by atoms with van der Waals surface area (Å²) in [5.41, 5.74) is 14.2. The Morgan fingerprint density at radius 3 is 1.62 bits per heavy atom. The van der Waals surface area contributed by atoms with Gasteiger partial charge >= 0.3 is 0 Å². The molecule has 1 heterocycles. The lowest BCUT2D eigenvalue weighted by atomic mass is 9.97. The second-order valence-corrected chi connectivity index (χ2v) is 13.1. The van der Waals surface area contributed by atoms with E-state index >= 15 is 0 Å². The number of anilines is 3. The fraction of sp³-hybridized carbons (Fsp3) is 0.0417. The van der Waals surface area contributed by atoms with E-state index in [9.17, 15) is 0 Å². The first-order valence-corrected chi connectivity index (χ1v) is 17.3. The van der Waals surface area contributed by atoms with Crippen LogP contribution in [0.25, 0.3) is 60.5 Å². The van der Waals surface area contributed by atoms with Crippen LogP contribution in [0, 0.1) is 13.8 Å². The van der Waals surface area contributed by atoms with Gasteiger partial charge in [-0.25, -0.2) is 0 Å². The number of aromatic nitrogens is 1. The zero-order valence-corrected chi connectivity index (χ0v) is 28.2. The molecule has 0 aliphatic rings. The first kappa shape index (κ1) is 29.7. The van der Waals surface area contributed by atoms with Gasteiger partial charge in [0.2, 0.25) is 0 Å². The van der Waals surface area contributed by atoms with Gasteiger partial charge in [0.1, 0.15) is 0 Å². The molecule has 2 heteroatoms. The summed E-state index contributed by atoms with van der Waals surface area (Å²) in [6.45, 7) is 4.36. The molecule has 1 aromatic heterocycles. The average molecular weight is 641 g/mol. The highest BCUT2D eigenvalue weighted by molar-refractivity contribution is 6.11. The number of para-hydroxylation sites is 3. The van der Waals surface area contributed by atoms with Gasteiger partial charge in [0.25, 0.3) is 0 Å². The highest BCUT2D eigenvalue weighted by Gasteiger charge is 2.24. The second kappa shape index (κ2) is 12.3. The molecule has 0 fully saturated rings. The van der Waals surface area contributed by atoms with Crippen molar-refractivity contribution in [2.45, 2.75) is 13.8 Å². The number of benzene rings is 8. The van der Waals surface area contributed by atoms with E-state index in [0.717, 1.165) is 28.3 Å². The quantitative estimate of drug-likeness (QED) is 0.176. The molecule has 0 aliphatic carbocycles. The third-order valence-electron chi connectivity index (χ3n) is 9.89. The maximum atomic E-state index is 2.47. The van der Waals surface area contributed by atoms with Crippen molar-refractivity contribution in [3.8, 4) is 27.9 Å². The minimum absolute atomic E-state index is 1.12. The molecule has 50 heavy (non-hydrogen) atoms. The van der Waals surface area contributed by atoms with E-state index in [1.165, 1.54) is 60.4 Å². The molecule has 0 N–H and O–H groups in total. The van der Waals surface area contributed by atoms with Crippen LogP contribution < -0.4 is 4.90 Å². The van der Waals surface area contributed by atoms with E-state index in [4.69, 9.17) is 0 Å². The van der Waals surface area contributed by atoms with Crippen LogP contribution in [0.1, 0.15) is 11.1 Å². The van der Waals surface area contributed by atoms with E-state index in [2.05, 4.69) is 205 Å². The van der Waals surface area contributed by atoms with Crippen molar-refractivity contribution >= 4 is 49.6 Å². The van der Waals surface area contributed by atoms with Crippen LogP contribution in [0.3, 0.4) is 0 Å². The van der Waals surface area contributed by atoms with Crippen molar-refractivity contribution in [1.82, 2.24) is 4.57 Å². The zero-order valence-electron chi connectivity index (χ0n) is 28.2. The highest BCUT2D eigenvalue weighted by atomic mass is 15.1. The van der Waals surface area contributed by atoms with Crippen LogP contribution in [-0.2, 0) is 0 Å². The Kier molecular flexibility index (Phi) is 7.29. The molecule has 0 aliphatic heterocycles. The summed E-state index contributed by atoms with van der Waals surface area (Å²) in [6.07, 6.45) is 0. The molecule has 0 radical (unpaired) electrons. The largest absolute Gasteiger partial charge is 0.309 e. The van der Waals surface area contributed by atoms with E-state index in [1.807, 2.05) is 0 Å². The molecule has 0 atom stereocenters. The number of aryl methyl sites for hydroxylation is 2. The van der Waals surface area contributed by atoms with Gasteiger partial charge < -0.3 is 9.47 Å². The first-order chi connectivity index (χ1) is 24.7. The molecule has 9 aromatic rings. The van der Waals surface area contributed by atoms with E-state index in [1.54, 1.807) is 0 Å². The lowest BCUT2D eigenvalue weighted by Gasteiger charge is -2.31. The number of hydrogen-bond acceptors (Lipinski definition) is 1. The minimum atomic E-state index is 1.12. The molecule has 238 valence electrons. The Morgan fingerprint density at radius 1 is 0.380 bits per heavy atom. The zero-order chi connectivity index (χ0) is 33.6. The smallest absolute Gasteiger partial charge is 0.0541 e. The highest BCUT2D eigenvalue weighted by Crippen LogP contribution is 2.48. The van der Waals surface area contributed by atoms with E-state index in [-0.39, 0.29) is 0 Å². The van der Waals surface area contributed by atoms with Gasteiger partial charge in [0.05, 0.1) is 33.8 Å². The molecule has 8 aromatic carbocycles. The normalized spacial score (nSPS) is 11.4. The molecule has 2 nitrogen and oxygen atoms in total. The molecular weight excluding hydrogens is 605 g/mol. The lowest BCUT2D eigenvalue weighted by molar-refractivity contribution is 1.18. The molecule has 0 amide bonds. The van der Waals surface area contributed by atoms with Gasteiger partial charge in [-0.2, -0.15) is 0 Å². The summed E-state index contributed by atoms with van der Waals surface area (Å²) in [5.74, 6) is 0. The summed E-state index contributed by atoms with van der Waals surface area (Å²) in [5, 5.41) is 4.97. The number of nitrogens with zero attached hydrogens (tertiary/aromatic N) is 2. The topological polar surface area (TPSA) is 8.17 Å². The Balaban J connectivity index is 1.35. The van der Waals surface area contributed by atoms with Crippen LogP contribution in [0.15, 0.2) is 182 Å². The molecule has 0 spiro atoms. The Morgan fingerprint density at radius 2 is 0.900 bits per heavy atom. The van der Waals surface area contributed by atoms with Gasteiger partial charge in [-0.1, -0.05) is 145 Å². The van der Waals surface area contributed by atoms with Crippen LogP contribution >= 0.6 is 0 Å². The van der Waals surface area contributed by atoms with Crippen LogP contribution in [0.2, 0.25) is 0 Å². The minimum Gasteiger partial charge on any atom is -0.309 e. The van der Waals surface area contributed by atoms with E-state index < -0.39 is 0 Å². The maximum absolute atomic E-state index is 2.47. The van der Waals surface area contributed by atoms with Crippen LogP contribution in [0.5, 0.6) is 0 Å². The van der Waals surface area contributed by atoms with Gasteiger partial charge in [-0.05, 0) is 73.3 Å². The summed E-state index contributed by atoms with van der Waals surface area (Å²) in [4.78, 5) is 2.47. The van der Waals surface area contributed by atoms with Gasteiger partial charge in [-0.15, -0.1) is 0 Å². The Hall–Kier alpha value is -6.38. The molecule has 0 bridgehead atoms. The van der Waals surface area contributed by atoms with Crippen molar-refractivity contribution in [2.24, 2.45) is 0 Å². The van der Waals surface area contributed by atoms with E-state index in [0.29, 0.717) is 0 Å². The summed E-state index contributed by atoms with van der Waals surface area (Å²) in [6, 6.07) is 66.2. The monoisotopic (exact) mass is 640 g/mol. The maximum Gasteiger partial charge on any atom is 0.0541 e. The molecule has 9 rings (SSSR count). The molecular formula is C48H36N2. The predicted molar refractivity (Wildman–Crippen MR) is 213 cm³/mol. The standard InChI is InChI=1S/C48H36N2/c1-33-27-29-47-41(31-33)42-32-34(2)28-30-48(42)50(47)46-25-13-10-22-40(46)39-21-9-12-24-45(39)49(44-26-14-18-36-17-6-7-19-38(36)44)43-23-11-8-20-37(43)35-15-4-3-5-16-35/h3-32H,1-2H3. The SMILES string of the molecule is Cc1ccc2c(c1)c1cc(C)ccc1n2-c1ccccc1-c1ccccc1N(c1ccccc1-c1ccccc1)c1cccc2ccccc12. The van der Waals surface area contributed by atoms with Crippen molar-refractivity contribution in [1.29, 1.82) is 0 Å². The third-order valence-corrected chi connectivity index (χ3v) is 9.89. The first-order valence-electron chi connectivity index (χ1n) is 17.3. The second-order valence-electron chi connectivity index (χ2n) is 13.1. The third kappa shape index (κ3) is 4.96. The molecule has 0 saturated heterocycles. The summed E-state index contributed by atoms with van der Waals surface area (Å²) < 4.78 is 2.45.